The number of fused-ring (bicyclic) bond motifs is 1. The van der Waals surface area contributed by atoms with E-state index in [4.69, 9.17) is 44.4 Å². The Morgan fingerprint density at radius 2 is 1.84 bits per heavy atom. The maximum Gasteiger partial charge on any atom is 0.330 e. The molecule has 0 spiro atoms. The predicted octanol–water partition coefficient (Wildman–Crippen LogP) is 4.90. The number of nitrogens with one attached hydrogen (secondary N) is 1. The summed E-state index contributed by atoms with van der Waals surface area (Å²) in [6.07, 6.45) is 2.28. The van der Waals surface area contributed by atoms with Crippen molar-refractivity contribution in [1.29, 1.82) is 0 Å². The molecule has 0 aliphatic heterocycles. The van der Waals surface area contributed by atoms with Gasteiger partial charge in [0.15, 0.2) is 5.65 Å². The molecule has 0 unspecified atom stereocenters. The van der Waals surface area contributed by atoms with E-state index in [0.29, 0.717) is 51.7 Å². The maximum absolute atomic E-state index is 12.5. The SMILES string of the molecule is CCOC(=O)CCCNOC(=O)Cc1c(-c2ccc(Cl)cc2)nc2c(Cl)cc(Cl)cn12. The van der Waals surface area contributed by atoms with Crippen LogP contribution in [0.5, 0.6) is 0 Å². The Morgan fingerprint density at radius 1 is 1.10 bits per heavy atom. The Bertz CT molecular complexity index is 1080. The molecule has 0 bridgehead atoms. The minimum atomic E-state index is -0.524. The monoisotopic (exact) mass is 483 g/mol. The quantitative estimate of drug-likeness (QED) is 0.264. The van der Waals surface area contributed by atoms with Crippen LogP contribution in [0, 0.1) is 0 Å². The normalized spacial score (nSPS) is 11.0. The van der Waals surface area contributed by atoms with E-state index in [-0.39, 0.29) is 18.8 Å². The van der Waals surface area contributed by atoms with E-state index in [2.05, 4.69) is 10.5 Å². The summed E-state index contributed by atoms with van der Waals surface area (Å²) in [6, 6.07) is 8.68. The number of hydrogen-bond acceptors (Lipinski definition) is 6. The number of nitrogens with zero attached hydrogens (tertiary/aromatic N) is 2. The molecule has 0 saturated heterocycles. The van der Waals surface area contributed by atoms with Crippen molar-refractivity contribution in [1.82, 2.24) is 14.9 Å². The lowest BCUT2D eigenvalue weighted by Crippen LogP contribution is -2.23. The standard InChI is InChI=1S/C21H20Cl3N3O4/c1-2-30-18(28)4-3-9-25-31-19(29)11-17-20(13-5-7-14(22)8-6-13)26-21-16(24)10-15(23)12-27(17)21/h5-8,10,12,25H,2-4,9,11H2,1H3. The summed E-state index contributed by atoms with van der Waals surface area (Å²) in [7, 11) is 0. The highest BCUT2D eigenvalue weighted by Gasteiger charge is 2.20. The van der Waals surface area contributed by atoms with Crippen molar-refractivity contribution < 1.29 is 19.2 Å². The van der Waals surface area contributed by atoms with Gasteiger partial charge in [-0.25, -0.2) is 9.78 Å². The third-order valence-electron chi connectivity index (χ3n) is 4.32. The zero-order valence-electron chi connectivity index (χ0n) is 16.7. The van der Waals surface area contributed by atoms with Gasteiger partial charge in [0.25, 0.3) is 0 Å². The van der Waals surface area contributed by atoms with Crippen molar-refractivity contribution in [2.24, 2.45) is 0 Å². The lowest BCUT2D eigenvalue weighted by molar-refractivity contribution is -0.150. The van der Waals surface area contributed by atoms with E-state index < -0.39 is 5.97 Å². The number of hydrogen-bond donors (Lipinski definition) is 1. The van der Waals surface area contributed by atoms with Crippen molar-refractivity contribution >= 4 is 52.4 Å². The molecule has 1 aromatic carbocycles. The van der Waals surface area contributed by atoms with Gasteiger partial charge in [-0.05, 0) is 31.5 Å². The van der Waals surface area contributed by atoms with E-state index in [9.17, 15) is 9.59 Å². The van der Waals surface area contributed by atoms with Crippen molar-refractivity contribution in [2.75, 3.05) is 13.2 Å². The van der Waals surface area contributed by atoms with Crippen LogP contribution in [0.3, 0.4) is 0 Å². The largest absolute Gasteiger partial charge is 0.466 e. The first kappa shape index (κ1) is 23.3. The Hall–Kier alpha value is -2.32. The molecule has 0 saturated carbocycles. The van der Waals surface area contributed by atoms with Crippen LogP contribution in [-0.4, -0.2) is 34.5 Å². The third-order valence-corrected chi connectivity index (χ3v) is 5.06. The number of ether oxygens (including phenoxy) is 1. The highest BCUT2D eigenvalue weighted by Crippen LogP contribution is 2.30. The van der Waals surface area contributed by atoms with E-state index in [0.717, 1.165) is 5.56 Å². The summed E-state index contributed by atoms with van der Waals surface area (Å²) in [5.74, 6) is -0.813. The van der Waals surface area contributed by atoms with Crippen LogP contribution in [0.15, 0.2) is 36.5 Å². The van der Waals surface area contributed by atoms with Gasteiger partial charge in [-0.2, -0.15) is 5.48 Å². The molecule has 0 radical (unpaired) electrons. The number of aromatic nitrogens is 2. The van der Waals surface area contributed by atoms with Crippen LogP contribution in [0.4, 0.5) is 0 Å². The van der Waals surface area contributed by atoms with Gasteiger partial charge in [0.2, 0.25) is 0 Å². The molecule has 2 aromatic heterocycles. The van der Waals surface area contributed by atoms with Gasteiger partial charge in [0.1, 0.15) is 0 Å². The van der Waals surface area contributed by atoms with Crippen molar-refractivity contribution in [3.05, 3.63) is 57.3 Å². The number of carbonyl (C=O) groups is 2. The van der Waals surface area contributed by atoms with Crippen molar-refractivity contribution in [3.8, 4) is 11.3 Å². The lowest BCUT2D eigenvalue weighted by Gasteiger charge is -2.08. The number of halogens is 3. The summed E-state index contributed by atoms with van der Waals surface area (Å²) in [5, 5.41) is 1.35. The Labute approximate surface area is 194 Å². The van der Waals surface area contributed by atoms with Gasteiger partial charge < -0.3 is 14.0 Å². The molecule has 10 heteroatoms. The van der Waals surface area contributed by atoms with E-state index in [1.54, 1.807) is 35.7 Å². The van der Waals surface area contributed by atoms with E-state index in [1.165, 1.54) is 0 Å². The summed E-state index contributed by atoms with van der Waals surface area (Å²) in [6.45, 7) is 2.40. The molecule has 2 heterocycles. The van der Waals surface area contributed by atoms with Crippen molar-refractivity contribution in [3.63, 3.8) is 0 Å². The fraction of sp³-hybridized carbons (Fsp3) is 0.286. The summed E-state index contributed by atoms with van der Waals surface area (Å²) >= 11 is 18.5. The Balaban J connectivity index is 1.75. The van der Waals surface area contributed by atoms with Gasteiger partial charge in [-0.1, -0.05) is 46.9 Å². The zero-order valence-corrected chi connectivity index (χ0v) is 18.9. The molecule has 0 atom stereocenters. The molecule has 0 aliphatic rings. The molecule has 0 amide bonds. The number of benzene rings is 1. The Morgan fingerprint density at radius 3 is 2.55 bits per heavy atom. The van der Waals surface area contributed by atoms with Crippen molar-refractivity contribution in [2.45, 2.75) is 26.2 Å². The lowest BCUT2D eigenvalue weighted by atomic mass is 10.1. The van der Waals surface area contributed by atoms with Crippen LogP contribution < -0.4 is 5.48 Å². The van der Waals surface area contributed by atoms with Crippen LogP contribution in [0.1, 0.15) is 25.5 Å². The third kappa shape index (κ3) is 6.11. The summed E-state index contributed by atoms with van der Waals surface area (Å²) < 4.78 is 6.53. The number of imidazole rings is 1. The average Bonchev–Trinajstić information content (AvgIpc) is 3.07. The first-order chi connectivity index (χ1) is 14.9. The van der Waals surface area contributed by atoms with E-state index >= 15 is 0 Å². The molecule has 0 fully saturated rings. The number of hydroxylamine groups is 1. The molecular formula is C21H20Cl3N3O4. The molecule has 1 N–H and O–H groups in total. The topological polar surface area (TPSA) is 81.9 Å². The van der Waals surface area contributed by atoms with Gasteiger partial charge in [-0.3, -0.25) is 4.79 Å². The Kier molecular flexibility index (Phi) is 8.15. The predicted molar refractivity (Wildman–Crippen MR) is 119 cm³/mol. The van der Waals surface area contributed by atoms with Crippen LogP contribution in [0.25, 0.3) is 16.9 Å². The second kappa shape index (κ2) is 10.8. The maximum atomic E-state index is 12.5. The smallest absolute Gasteiger partial charge is 0.330 e. The zero-order chi connectivity index (χ0) is 22.4. The number of carbonyl (C=O) groups excluding carboxylic acids is 2. The number of pyridine rings is 1. The molecule has 0 aliphatic carbocycles. The van der Waals surface area contributed by atoms with Crippen LogP contribution in [0.2, 0.25) is 15.1 Å². The minimum Gasteiger partial charge on any atom is -0.466 e. The molecule has 3 aromatic rings. The molecule has 7 nitrogen and oxygen atoms in total. The molecule has 31 heavy (non-hydrogen) atoms. The van der Waals surface area contributed by atoms with Gasteiger partial charge >= 0.3 is 11.9 Å². The number of rotatable bonds is 9. The average molecular weight is 485 g/mol. The van der Waals surface area contributed by atoms with Gasteiger partial charge in [-0.15, -0.1) is 0 Å². The fourth-order valence-electron chi connectivity index (χ4n) is 2.97. The highest BCUT2D eigenvalue weighted by atomic mass is 35.5. The molecular weight excluding hydrogens is 465 g/mol. The fourth-order valence-corrected chi connectivity index (χ4v) is 3.61. The summed E-state index contributed by atoms with van der Waals surface area (Å²) in [4.78, 5) is 33.5. The summed E-state index contributed by atoms with van der Waals surface area (Å²) in [5.41, 5.74) is 4.96. The first-order valence-electron chi connectivity index (χ1n) is 9.59. The van der Waals surface area contributed by atoms with Gasteiger partial charge in [0.05, 0.1) is 34.5 Å². The number of esters is 1. The minimum absolute atomic E-state index is 0.0827. The molecule has 3 rings (SSSR count). The van der Waals surface area contributed by atoms with Crippen LogP contribution >= 0.6 is 34.8 Å². The van der Waals surface area contributed by atoms with Crippen LogP contribution in [-0.2, 0) is 25.6 Å². The highest BCUT2D eigenvalue weighted by molar-refractivity contribution is 6.36. The first-order valence-corrected chi connectivity index (χ1v) is 10.7. The van der Waals surface area contributed by atoms with Gasteiger partial charge in [0, 0.05) is 29.7 Å². The van der Waals surface area contributed by atoms with E-state index in [1.807, 2.05) is 12.1 Å². The second-order valence-corrected chi connectivity index (χ2v) is 7.85. The second-order valence-electron chi connectivity index (χ2n) is 6.57. The molecule has 164 valence electrons.